The van der Waals surface area contributed by atoms with Gasteiger partial charge in [0, 0.05) is 12.7 Å². The number of ether oxygens (including phenoxy) is 1. The molecular weight excluding hydrogens is 414 g/mol. The molecule has 1 N–H and O–H groups in total. The number of hydrogen-bond acceptors (Lipinski definition) is 3. The highest BCUT2D eigenvalue weighted by molar-refractivity contribution is 5.76. The van der Waals surface area contributed by atoms with Crippen molar-refractivity contribution in [2.24, 2.45) is 0 Å². The maximum atomic E-state index is 15.0. The molecule has 0 saturated heterocycles. The van der Waals surface area contributed by atoms with Crippen molar-refractivity contribution in [1.82, 2.24) is 0 Å². The molecule has 3 rings (SSSR count). The Labute approximate surface area is 176 Å². The van der Waals surface area contributed by atoms with Crippen molar-refractivity contribution in [3.05, 3.63) is 76.9 Å². The monoisotopic (exact) mass is 433 g/mol. The molecule has 0 unspecified atom stereocenters. The summed E-state index contributed by atoms with van der Waals surface area (Å²) in [6, 6.07) is 8.83. The maximum absolute atomic E-state index is 15.0. The molecule has 162 valence electrons. The van der Waals surface area contributed by atoms with Crippen LogP contribution in [-0.2, 0) is 4.79 Å². The SMILES string of the molecule is Cc1cc(-c2ccc(F)c(F)c2)cc(N(C)c2c(F)ccc(OCC(=O)O)c2F)c1C. The molecule has 0 heterocycles. The lowest BCUT2D eigenvalue weighted by molar-refractivity contribution is -0.139. The molecule has 3 aromatic carbocycles. The molecule has 0 aliphatic rings. The van der Waals surface area contributed by atoms with Crippen LogP contribution >= 0.6 is 0 Å². The number of nitrogens with zero attached hydrogens (tertiary/aromatic N) is 1. The fourth-order valence-electron chi connectivity index (χ4n) is 3.23. The maximum Gasteiger partial charge on any atom is 0.341 e. The molecule has 0 amide bonds. The predicted molar refractivity (Wildman–Crippen MR) is 109 cm³/mol. The zero-order chi connectivity index (χ0) is 22.9. The average Bonchev–Trinajstić information content (AvgIpc) is 2.71. The van der Waals surface area contributed by atoms with Crippen LogP contribution in [0.3, 0.4) is 0 Å². The van der Waals surface area contributed by atoms with E-state index in [1.165, 1.54) is 18.0 Å². The van der Waals surface area contributed by atoms with Crippen LogP contribution in [-0.4, -0.2) is 24.7 Å². The fourth-order valence-corrected chi connectivity index (χ4v) is 3.23. The van der Waals surface area contributed by atoms with Gasteiger partial charge in [0.25, 0.3) is 0 Å². The van der Waals surface area contributed by atoms with Crippen molar-refractivity contribution in [2.45, 2.75) is 13.8 Å². The Morgan fingerprint density at radius 1 is 0.935 bits per heavy atom. The molecule has 8 heteroatoms. The lowest BCUT2D eigenvalue weighted by atomic mass is 9.97. The van der Waals surface area contributed by atoms with Gasteiger partial charge in [-0.2, -0.15) is 0 Å². The Morgan fingerprint density at radius 3 is 2.26 bits per heavy atom. The summed E-state index contributed by atoms with van der Waals surface area (Å²) in [4.78, 5) is 12.0. The van der Waals surface area contributed by atoms with Gasteiger partial charge in [0.1, 0.15) is 11.5 Å². The highest BCUT2D eigenvalue weighted by Crippen LogP contribution is 2.38. The van der Waals surface area contributed by atoms with Gasteiger partial charge in [0.05, 0.1) is 0 Å². The van der Waals surface area contributed by atoms with Crippen LogP contribution in [0.1, 0.15) is 11.1 Å². The van der Waals surface area contributed by atoms with Gasteiger partial charge in [-0.05, 0) is 66.4 Å². The molecule has 0 aromatic heterocycles. The molecule has 0 aliphatic carbocycles. The van der Waals surface area contributed by atoms with Crippen LogP contribution < -0.4 is 9.64 Å². The van der Waals surface area contributed by atoms with Crippen LogP contribution in [0.5, 0.6) is 5.75 Å². The van der Waals surface area contributed by atoms with Crippen LogP contribution in [0.25, 0.3) is 11.1 Å². The average molecular weight is 433 g/mol. The van der Waals surface area contributed by atoms with Gasteiger partial charge < -0.3 is 14.7 Å². The summed E-state index contributed by atoms with van der Waals surface area (Å²) in [5.74, 6) is -5.63. The van der Waals surface area contributed by atoms with Gasteiger partial charge in [0.2, 0.25) is 0 Å². The molecule has 0 atom stereocenters. The molecule has 0 bridgehead atoms. The third-order valence-electron chi connectivity index (χ3n) is 4.97. The number of carboxylic acid groups (broad SMARTS) is 1. The highest BCUT2D eigenvalue weighted by atomic mass is 19.2. The topological polar surface area (TPSA) is 49.8 Å². The lowest BCUT2D eigenvalue weighted by Gasteiger charge is -2.25. The predicted octanol–water partition coefficient (Wildman–Crippen LogP) is 5.76. The highest BCUT2D eigenvalue weighted by Gasteiger charge is 2.22. The van der Waals surface area contributed by atoms with E-state index in [0.717, 1.165) is 29.8 Å². The molecule has 3 aromatic rings. The third kappa shape index (κ3) is 4.47. The van der Waals surface area contributed by atoms with Gasteiger partial charge in [-0.3, -0.25) is 0 Å². The van der Waals surface area contributed by atoms with Crippen molar-refractivity contribution < 1.29 is 32.2 Å². The Balaban J connectivity index is 2.10. The largest absolute Gasteiger partial charge is 0.479 e. The first-order valence-corrected chi connectivity index (χ1v) is 9.23. The van der Waals surface area contributed by atoms with Crippen LogP contribution in [0.4, 0.5) is 28.9 Å². The molecule has 0 radical (unpaired) electrons. The first kappa shape index (κ1) is 22.1. The summed E-state index contributed by atoms with van der Waals surface area (Å²) >= 11 is 0. The second-order valence-electron chi connectivity index (χ2n) is 7.02. The molecule has 0 spiro atoms. The number of aryl methyl sites for hydroxylation is 1. The van der Waals surface area contributed by atoms with Gasteiger partial charge in [0.15, 0.2) is 29.8 Å². The number of benzene rings is 3. The van der Waals surface area contributed by atoms with E-state index in [1.807, 2.05) is 0 Å². The van der Waals surface area contributed by atoms with Crippen LogP contribution in [0.15, 0.2) is 42.5 Å². The van der Waals surface area contributed by atoms with Crippen molar-refractivity contribution >= 4 is 17.3 Å². The normalized spacial score (nSPS) is 10.8. The fraction of sp³-hybridized carbons (Fsp3) is 0.174. The number of hydrogen-bond donors (Lipinski definition) is 1. The van der Waals surface area contributed by atoms with E-state index in [1.54, 1.807) is 26.0 Å². The van der Waals surface area contributed by atoms with Crippen molar-refractivity contribution in [3.8, 4) is 16.9 Å². The lowest BCUT2D eigenvalue weighted by Crippen LogP contribution is -2.17. The Kier molecular flexibility index (Phi) is 6.19. The zero-order valence-corrected chi connectivity index (χ0v) is 17.0. The summed E-state index contributed by atoms with van der Waals surface area (Å²) in [6.45, 7) is 2.77. The van der Waals surface area contributed by atoms with Crippen LogP contribution in [0.2, 0.25) is 0 Å². The van der Waals surface area contributed by atoms with Gasteiger partial charge in [-0.1, -0.05) is 12.1 Å². The number of rotatable bonds is 6. The van der Waals surface area contributed by atoms with Gasteiger partial charge >= 0.3 is 5.97 Å². The smallest absolute Gasteiger partial charge is 0.341 e. The first-order valence-electron chi connectivity index (χ1n) is 9.23. The molecule has 4 nitrogen and oxygen atoms in total. The van der Waals surface area contributed by atoms with E-state index in [-0.39, 0.29) is 0 Å². The van der Waals surface area contributed by atoms with E-state index in [9.17, 15) is 22.4 Å². The third-order valence-corrected chi connectivity index (χ3v) is 4.97. The second kappa shape index (κ2) is 8.67. The quantitative estimate of drug-likeness (QED) is 0.503. The summed E-state index contributed by atoms with van der Waals surface area (Å²) in [5, 5.41) is 8.74. The summed E-state index contributed by atoms with van der Waals surface area (Å²) < 4.78 is 61.5. The number of carboxylic acids is 1. The Bertz CT molecular complexity index is 1160. The van der Waals surface area contributed by atoms with Crippen molar-refractivity contribution in [2.75, 3.05) is 18.6 Å². The van der Waals surface area contributed by atoms with E-state index < -0.39 is 47.3 Å². The minimum Gasteiger partial charge on any atom is -0.479 e. The Hall–Kier alpha value is -3.55. The number of aliphatic carboxylic acids is 1. The van der Waals surface area contributed by atoms with E-state index in [0.29, 0.717) is 22.4 Å². The number of anilines is 2. The minimum atomic E-state index is -1.30. The second-order valence-corrected chi connectivity index (χ2v) is 7.02. The molecular formula is C23H19F4NO3. The van der Waals surface area contributed by atoms with Gasteiger partial charge in [-0.15, -0.1) is 0 Å². The van der Waals surface area contributed by atoms with E-state index in [2.05, 4.69) is 0 Å². The van der Waals surface area contributed by atoms with E-state index in [4.69, 9.17) is 9.84 Å². The molecule has 0 fully saturated rings. The molecule has 31 heavy (non-hydrogen) atoms. The zero-order valence-electron chi connectivity index (χ0n) is 17.0. The summed E-state index contributed by atoms with van der Waals surface area (Å²) in [5.41, 5.74) is 2.40. The molecule has 0 saturated carbocycles. The number of carbonyl (C=O) groups is 1. The van der Waals surface area contributed by atoms with Crippen molar-refractivity contribution in [1.29, 1.82) is 0 Å². The summed E-state index contributed by atoms with van der Waals surface area (Å²) in [6.07, 6.45) is 0. The number of halogens is 4. The molecule has 0 aliphatic heterocycles. The summed E-state index contributed by atoms with van der Waals surface area (Å²) in [7, 11) is 1.44. The minimum absolute atomic E-state index is 0.399. The van der Waals surface area contributed by atoms with Gasteiger partial charge in [-0.25, -0.2) is 22.4 Å². The van der Waals surface area contributed by atoms with Crippen LogP contribution in [0, 0.1) is 37.1 Å². The first-order chi connectivity index (χ1) is 14.6. The standard InChI is InChI=1S/C23H19F4NO3/c1-12-8-15(14-4-5-16(24)18(26)9-14)10-19(13(12)2)28(3)23-17(25)6-7-20(22(23)27)31-11-21(29)30/h4-10H,11H2,1-3H3,(H,29,30). The van der Waals surface area contributed by atoms with E-state index >= 15 is 0 Å². The van der Waals surface area contributed by atoms with Crippen molar-refractivity contribution in [3.63, 3.8) is 0 Å². The Morgan fingerprint density at radius 2 is 1.61 bits per heavy atom.